The summed E-state index contributed by atoms with van der Waals surface area (Å²) < 4.78 is 25.8. The summed E-state index contributed by atoms with van der Waals surface area (Å²) in [6, 6.07) is 17.0. The molecule has 29 heavy (non-hydrogen) atoms. The molecule has 0 radical (unpaired) electrons. The molecule has 2 aromatic rings. The van der Waals surface area contributed by atoms with E-state index in [0.29, 0.717) is 5.92 Å². The van der Waals surface area contributed by atoms with Crippen molar-refractivity contribution in [3.63, 3.8) is 0 Å². The first-order valence-electron chi connectivity index (χ1n) is 10.0. The molecule has 0 atom stereocenters. The molecule has 2 aromatic carbocycles. The fourth-order valence-corrected chi connectivity index (χ4v) is 4.34. The summed E-state index contributed by atoms with van der Waals surface area (Å²) in [5.74, 6) is 0.684. The predicted molar refractivity (Wildman–Crippen MR) is 116 cm³/mol. The number of piperidine rings is 1. The highest BCUT2D eigenvalue weighted by Gasteiger charge is 2.21. The van der Waals surface area contributed by atoms with E-state index in [0.717, 1.165) is 37.9 Å². The van der Waals surface area contributed by atoms with E-state index in [1.165, 1.54) is 31.2 Å². The van der Waals surface area contributed by atoms with Crippen molar-refractivity contribution in [1.29, 1.82) is 0 Å². The molecule has 1 saturated heterocycles. The van der Waals surface area contributed by atoms with Gasteiger partial charge in [0.25, 0.3) is 0 Å². The molecule has 1 fully saturated rings. The molecule has 1 amide bonds. The lowest BCUT2D eigenvalue weighted by molar-refractivity contribution is -0.127. The van der Waals surface area contributed by atoms with E-state index >= 15 is 0 Å². The topological polar surface area (TPSA) is 66.5 Å². The standard InChI is InChI=1S/C23H28N2O3S/c1-24-29(27,28)22-12-9-20(10-13-22)11-14-23(26)25-17-15-21(16-18-25)8-7-19-5-3-2-4-6-19/h2-6,9-14,21,24H,7-8,15-18H2,1H3/b14-11+. The van der Waals surface area contributed by atoms with E-state index in [9.17, 15) is 13.2 Å². The Bertz CT molecular complexity index is 930. The average Bonchev–Trinajstić information content (AvgIpc) is 2.77. The van der Waals surface area contributed by atoms with Gasteiger partial charge >= 0.3 is 0 Å². The molecule has 5 nitrogen and oxygen atoms in total. The van der Waals surface area contributed by atoms with Gasteiger partial charge in [-0.2, -0.15) is 0 Å². The molecule has 0 aliphatic carbocycles. The second-order valence-corrected chi connectivity index (χ2v) is 9.29. The number of carbonyl (C=O) groups is 1. The van der Waals surface area contributed by atoms with Crippen molar-refractivity contribution in [3.05, 3.63) is 71.8 Å². The number of nitrogens with one attached hydrogen (secondary N) is 1. The van der Waals surface area contributed by atoms with Gasteiger partial charge in [0, 0.05) is 19.2 Å². The van der Waals surface area contributed by atoms with Crippen molar-refractivity contribution < 1.29 is 13.2 Å². The first-order chi connectivity index (χ1) is 14.0. The number of aryl methyl sites for hydroxylation is 1. The highest BCUT2D eigenvalue weighted by molar-refractivity contribution is 7.89. The summed E-state index contributed by atoms with van der Waals surface area (Å²) in [5.41, 5.74) is 2.17. The van der Waals surface area contributed by atoms with Gasteiger partial charge in [-0.05, 0) is 68.0 Å². The van der Waals surface area contributed by atoms with Crippen LogP contribution in [0.3, 0.4) is 0 Å². The first-order valence-corrected chi connectivity index (χ1v) is 11.5. The van der Waals surface area contributed by atoms with Gasteiger partial charge in [0.1, 0.15) is 0 Å². The second-order valence-electron chi connectivity index (χ2n) is 7.40. The zero-order valence-electron chi connectivity index (χ0n) is 16.8. The van der Waals surface area contributed by atoms with E-state index in [1.54, 1.807) is 24.3 Å². The van der Waals surface area contributed by atoms with Gasteiger partial charge in [0.15, 0.2) is 0 Å². The van der Waals surface area contributed by atoms with E-state index in [-0.39, 0.29) is 10.8 Å². The predicted octanol–water partition coefficient (Wildman–Crippen LogP) is 3.48. The minimum absolute atomic E-state index is 0.0124. The Morgan fingerprint density at radius 2 is 1.72 bits per heavy atom. The third-order valence-corrected chi connectivity index (χ3v) is 6.92. The molecule has 0 spiro atoms. The van der Waals surface area contributed by atoms with Crippen molar-refractivity contribution >= 4 is 22.0 Å². The highest BCUT2D eigenvalue weighted by atomic mass is 32.2. The molecule has 6 heteroatoms. The molecule has 154 valence electrons. The third kappa shape index (κ3) is 6.02. The molecule has 0 aromatic heterocycles. The minimum Gasteiger partial charge on any atom is -0.339 e. The van der Waals surface area contributed by atoms with Crippen molar-refractivity contribution in [2.24, 2.45) is 5.92 Å². The summed E-state index contributed by atoms with van der Waals surface area (Å²) >= 11 is 0. The number of amides is 1. The maximum atomic E-state index is 12.5. The van der Waals surface area contributed by atoms with Gasteiger partial charge in [-0.25, -0.2) is 13.1 Å². The summed E-state index contributed by atoms with van der Waals surface area (Å²) in [7, 11) is -2.06. The number of benzene rings is 2. The highest BCUT2D eigenvalue weighted by Crippen LogP contribution is 2.23. The molecule has 1 aliphatic heterocycles. The van der Waals surface area contributed by atoms with E-state index in [1.807, 2.05) is 11.0 Å². The van der Waals surface area contributed by atoms with Crippen molar-refractivity contribution in [2.45, 2.75) is 30.6 Å². The SMILES string of the molecule is CNS(=O)(=O)c1ccc(/C=C/C(=O)N2CCC(CCc3ccccc3)CC2)cc1. The summed E-state index contributed by atoms with van der Waals surface area (Å²) in [4.78, 5) is 14.6. The number of nitrogens with zero attached hydrogens (tertiary/aromatic N) is 1. The van der Waals surface area contributed by atoms with Crippen LogP contribution in [0.25, 0.3) is 6.08 Å². The Kier molecular flexibility index (Phi) is 7.23. The Morgan fingerprint density at radius 3 is 2.34 bits per heavy atom. The average molecular weight is 413 g/mol. The number of likely N-dealkylation sites (tertiary alicyclic amines) is 1. The third-order valence-electron chi connectivity index (χ3n) is 5.49. The van der Waals surface area contributed by atoms with Crippen LogP contribution in [0.15, 0.2) is 65.6 Å². The number of carbonyl (C=O) groups excluding carboxylic acids is 1. The fraction of sp³-hybridized carbons (Fsp3) is 0.348. The van der Waals surface area contributed by atoms with Gasteiger partial charge < -0.3 is 4.90 Å². The zero-order chi connectivity index (χ0) is 20.7. The van der Waals surface area contributed by atoms with Gasteiger partial charge in [0.05, 0.1) is 4.90 Å². The molecule has 3 rings (SSSR count). The van der Waals surface area contributed by atoms with Crippen LogP contribution in [-0.4, -0.2) is 39.4 Å². The Labute approximate surface area is 173 Å². The molecular formula is C23H28N2O3S. The normalized spacial score (nSPS) is 15.7. The Hall–Kier alpha value is -2.44. The number of sulfonamides is 1. The Morgan fingerprint density at radius 1 is 1.07 bits per heavy atom. The monoisotopic (exact) mass is 412 g/mol. The minimum atomic E-state index is -3.44. The van der Waals surface area contributed by atoms with Gasteiger partial charge in [-0.15, -0.1) is 0 Å². The van der Waals surface area contributed by atoms with Crippen LogP contribution >= 0.6 is 0 Å². The number of rotatable bonds is 7. The summed E-state index contributed by atoms with van der Waals surface area (Å²) in [6.07, 6.45) is 7.67. The Balaban J connectivity index is 1.47. The molecule has 0 unspecified atom stereocenters. The maximum absolute atomic E-state index is 12.5. The molecule has 1 heterocycles. The molecule has 0 bridgehead atoms. The fourth-order valence-electron chi connectivity index (χ4n) is 3.61. The first kappa shape index (κ1) is 21.3. The molecular weight excluding hydrogens is 384 g/mol. The lowest BCUT2D eigenvalue weighted by atomic mass is 9.90. The van der Waals surface area contributed by atoms with Gasteiger partial charge in [-0.3, -0.25) is 4.79 Å². The lowest BCUT2D eigenvalue weighted by Crippen LogP contribution is -2.37. The van der Waals surface area contributed by atoms with Gasteiger partial charge in [0.2, 0.25) is 15.9 Å². The van der Waals surface area contributed by atoms with Crippen molar-refractivity contribution in [1.82, 2.24) is 9.62 Å². The van der Waals surface area contributed by atoms with E-state index in [2.05, 4.69) is 29.0 Å². The molecule has 1 N–H and O–H groups in total. The van der Waals surface area contributed by atoms with Crippen LogP contribution in [0.5, 0.6) is 0 Å². The smallest absolute Gasteiger partial charge is 0.246 e. The quantitative estimate of drug-likeness (QED) is 0.708. The number of hydrogen-bond donors (Lipinski definition) is 1. The largest absolute Gasteiger partial charge is 0.339 e. The molecule has 1 aliphatic rings. The van der Waals surface area contributed by atoms with Gasteiger partial charge in [-0.1, -0.05) is 42.5 Å². The zero-order valence-corrected chi connectivity index (χ0v) is 17.6. The maximum Gasteiger partial charge on any atom is 0.246 e. The summed E-state index contributed by atoms with van der Waals surface area (Å²) in [5, 5.41) is 0. The van der Waals surface area contributed by atoms with E-state index < -0.39 is 10.0 Å². The lowest BCUT2D eigenvalue weighted by Gasteiger charge is -2.31. The van der Waals surface area contributed by atoms with Crippen LogP contribution in [0.4, 0.5) is 0 Å². The number of hydrogen-bond acceptors (Lipinski definition) is 3. The van der Waals surface area contributed by atoms with Crippen molar-refractivity contribution in [3.8, 4) is 0 Å². The van der Waals surface area contributed by atoms with E-state index in [4.69, 9.17) is 0 Å². The second kappa shape index (κ2) is 9.85. The van der Waals surface area contributed by atoms with Crippen molar-refractivity contribution in [2.75, 3.05) is 20.1 Å². The summed E-state index contributed by atoms with van der Waals surface area (Å²) in [6.45, 7) is 1.59. The van der Waals surface area contributed by atoms with Crippen LogP contribution in [0, 0.1) is 5.92 Å². The molecule has 0 saturated carbocycles. The van der Waals surface area contributed by atoms with Crippen LogP contribution in [0.2, 0.25) is 0 Å². The van der Waals surface area contributed by atoms with Crippen LogP contribution < -0.4 is 4.72 Å². The van der Waals surface area contributed by atoms with Crippen LogP contribution in [0.1, 0.15) is 30.4 Å². The van der Waals surface area contributed by atoms with Crippen LogP contribution in [-0.2, 0) is 21.2 Å².